The summed E-state index contributed by atoms with van der Waals surface area (Å²) in [6, 6.07) is 13.6. The molecular formula is C20H28N2O. The standard InChI is InChI=1S/C18H20N2O.C2H6.H2/c1-18(2,3)15-10-7-14(8-11-15)9-12-17(21)20-16-6-4-5-13-19-16;1-2;/h4-13H,1-3H3,(H,19,20,21);1-2H3;1H/b12-9+;;. The Morgan fingerprint density at radius 3 is 2.26 bits per heavy atom. The van der Waals surface area contributed by atoms with E-state index < -0.39 is 0 Å². The smallest absolute Gasteiger partial charge is 0.249 e. The Balaban J connectivity index is 0.00000170. The van der Waals surface area contributed by atoms with E-state index in [1.165, 1.54) is 11.6 Å². The van der Waals surface area contributed by atoms with Crippen LogP contribution in [-0.2, 0) is 10.2 Å². The monoisotopic (exact) mass is 312 g/mol. The van der Waals surface area contributed by atoms with Crippen LogP contribution >= 0.6 is 0 Å². The minimum Gasteiger partial charge on any atom is -0.307 e. The average molecular weight is 312 g/mol. The Hall–Kier alpha value is -2.42. The predicted molar refractivity (Wildman–Crippen MR) is 101 cm³/mol. The minimum absolute atomic E-state index is 0. The van der Waals surface area contributed by atoms with E-state index in [1.54, 1.807) is 18.3 Å². The van der Waals surface area contributed by atoms with Gasteiger partial charge in [0.15, 0.2) is 0 Å². The largest absolute Gasteiger partial charge is 0.307 e. The fourth-order valence-electron chi connectivity index (χ4n) is 1.87. The molecule has 2 rings (SSSR count). The summed E-state index contributed by atoms with van der Waals surface area (Å²) in [5.41, 5.74) is 2.41. The van der Waals surface area contributed by atoms with E-state index in [4.69, 9.17) is 0 Å². The highest BCUT2D eigenvalue weighted by atomic mass is 16.1. The first-order chi connectivity index (χ1) is 10.9. The lowest BCUT2D eigenvalue weighted by atomic mass is 9.87. The fourth-order valence-corrected chi connectivity index (χ4v) is 1.87. The summed E-state index contributed by atoms with van der Waals surface area (Å²) in [7, 11) is 0. The molecule has 1 aromatic carbocycles. The van der Waals surface area contributed by atoms with Crippen LogP contribution in [0.1, 0.15) is 47.2 Å². The molecule has 0 saturated heterocycles. The maximum Gasteiger partial charge on any atom is 0.249 e. The van der Waals surface area contributed by atoms with Crippen LogP contribution in [-0.4, -0.2) is 10.9 Å². The summed E-state index contributed by atoms with van der Waals surface area (Å²) in [5, 5.41) is 2.71. The fraction of sp³-hybridized carbons (Fsp3) is 0.300. The molecule has 1 N–H and O–H groups in total. The zero-order valence-corrected chi connectivity index (χ0v) is 14.6. The molecule has 0 spiro atoms. The van der Waals surface area contributed by atoms with Gasteiger partial charge in [-0.25, -0.2) is 4.98 Å². The van der Waals surface area contributed by atoms with Gasteiger partial charge in [-0.15, -0.1) is 0 Å². The topological polar surface area (TPSA) is 42.0 Å². The number of carbonyl (C=O) groups is 1. The van der Waals surface area contributed by atoms with Crippen molar-refractivity contribution in [1.29, 1.82) is 0 Å². The first-order valence-electron chi connectivity index (χ1n) is 7.96. The van der Waals surface area contributed by atoms with E-state index in [0.717, 1.165) is 5.56 Å². The summed E-state index contributed by atoms with van der Waals surface area (Å²) in [6.07, 6.45) is 4.95. The van der Waals surface area contributed by atoms with Gasteiger partial charge in [-0.05, 0) is 34.8 Å². The van der Waals surface area contributed by atoms with Crippen molar-refractivity contribution in [3.8, 4) is 0 Å². The predicted octanol–water partition coefficient (Wildman–Crippen LogP) is 5.30. The van der Waals surface area contributed by atoms with Crippen molar-refractivity contribution in [2.45, 2.75) is 40.0 Å². The van der Waals surface area contributed by atoms with Crippen molar-refractivity contribution in [1.82, 2.24) is 4.98 Å². The maximum absolute atomic E-state index is 11.8. The summed E-state index contributed by atoms with van der Waals surface area (Å²) < 4.78 is 0. The van der Waals surface area contributed by atoms with Crippen molar-refractivity contribution in [2.75, 3.05) is 5.32 Å². The third-order valence-electron chi connectivity index (χ3n) is 3.12. The molecule has 3 nitrogen and oxygen atoms in total. The van der Waals surface area contributed by atoms with E-state index in [2.05, 4.69) is 43.2 Å². The third-order valence-corrected chi connectivity index (χ3v) is 3.12. The number of hydrogen-bond donors (Lipinski definition) is 1. The number of nitrogens with zero attached hydrogens (tertiary/aromatic N) is 1. The zero-order valence-electron chi connectivity index (χ0n) is 14.6. The van der Waals surface area contributed by atoms with Crippen LogP contribution in [0.5, 0.6) is 0 Å². The van der Waals surface area contributed by atoms with Gasteiger partial charge in [0.25, 0.3) is 0 Å². The van der Waals surface area contributed by atoms with Crippen LogP contribution in [0.3, 0.4) is 0 Å². The molecule has 0 atom stereocenters. The first-order valence-corrected chi connectivity index (χ1v) is 7.96. The molecule has 0 saturated carbocycles. The van der Waals surface area contributed by atoms with Gasteiger partial charge in [0.2, 0.25) is 5.91 Å². The lowest BCUT2D eigenvalue weighted by molar-refractivity contribution is -0.111. The Kier molecular flexibility index (Phi) is 7.20. The van der Waals surface area contributed by atoms with E-state index >= 15 is 0 Å². The zero-order chi connectivity index (χ0) is 17.3. The highest BCUT2D eigenvalue weighted by Gasteiger charge is 2.12. The van der Waals surface area contributed by atoms with Crippen molar-refractivity contribution >= 4 is 17.8 Å². The minimum atomic E-state index is -0.186. The second-order valence-corrected chi connectivity index (χ2v) is 5.91. The molecule has 1 heterocycles. The molecule has 0 aliphatic carbocycles. The summed E-state index contributed by atoms with van der Waals surface area (Å²) in [6.45, 7) is 10.5. The first kappa shape index (κ1) is 18.6. The Morgan fingerprint density at radius 2 is 1.74 bits per heavy atom. The number of pyridine rings is 1. The molecule has 1 amide bonds. The van der Waals surface area contributed by atoms with Crippen molar-refractivity contribution < 1.29 is 6.22 Å². The van der Waals surface area contributed by atoms with Gasteiger partial charge in [-0.2, -0.15) is 0 Å². The van der Waals surface area contributed by atoms with E-state index in [1.807, 2.05) is 38.1 Å². The number of amides is 1. The lowest BCUT2D eigenvalue weighted by Crippen LogP contribution is -2.10. The second-order valence-electron chi connectivity index (χ2n) is 5.91. The Bertz CT molecular complexity index is 629. The number of anilines is 1. The summed E-state index contributed by atoms with van der Waals surface area (Å²) >= 11 is 0. The van der Waals surface area contributed by atoms with Crippen molar-refractivity contribution in [2.24, 2.45) is 0 Å². The molecule has 0 radical (unpaired) electrons. The van der Waals surface area contributed by atoms with Gasteiger partial charge in [0.05, 0.1) is 0 Å². The van der Waals surface area contributed by atoms with E-state index in [9.17, 15) is 4.79 Å². The van der Waals surface area contributed by atoms with E-state index in [0.29, 0.717) is 5.82 Å². The van der Waals surface area contributed by atoms with Crippen molar-refractivity contribution in [3.05, 3.63) is 65.9 Å². The van der Waals surface area contributed by atoms with Crippen LogP contribution in [0.4, 0.5) is 5.82 Å². The molecule has 3 heteroatoms. The normalized spacial score (nSPS) is 10.8. The van der Waals surface area contributed by atoms with Gasteiger partial charge in [0, 0.05) is 13.7 Å². The number of rotatable bonds is 3. The molecule has 0 bridgehead atoms. The SMILES string of the molecule is CC.CC(C)(C)c1ccc(/C=C/C(=O)Nc2ccccn2)cc1.[HH]. The van der Waals surface area contributed by atoms with Crippen LogP contribution in [0, 0.1) is 0 Å². The van der Waals surface area contributed by atoms with Crippen LogP contribution < -0.4 is 5.32 Å². The average Bonchev–Trinajstić information content (AvgIpc) is 2.55. The van der Waals surface area contributed by atoms with Gasteiger partial charge in [-0.1, -0.05) is 65.0 Å². The lowest BCUT2D eigenvalue weighted by Gasteiger charge is -2.18. The molecule has 124 valence electrons. The van der Waals surface area contributed by atoms with Crippen LogP contribution in [0.25, 0.3) is 6.08 Å². The second kappa shape index (κ2) is 8.89. The molecule has 2 aromatic rings. The molecule has 0 aliphatic heterocycles. The summed E-state index contributed by atoms with van der Waals surface area (Å²) in [4.78, 5) is 15.8. The van der Waals surface area contributed by atoms with Gasteiger partial charge in [0.1, 0.15) is 5.82 Å². The molecule has 0 aliphatic rings. The van der Waals surface area contributed by atoms with E-state index in [-0.39, 0.29) is 12.7 Å². The van der Waals surface area contributed by atoms with Gasteiger partial charge in [-0.3, -0.25) is 4.79 Å². The Labute approximate surface area is 141 Å². The molecular weight excluding hydrogens is 284 g/mol. The number of nitrogens with one attached hydrogen (secondary N) is 1. The number of benzene rings is 1. The van der Waals surface area contributed by atoms with Crippen LogP contribution in [0.2, 0.25) is 0 Å². The number of aromatic nitrogens is 1. The van der Waals surface area contributed by atoms with Crippen molar-refractivity contribution in [3.63, 3.8) is 0 Å². The van der Waals surface area contributed by atoms with Gasteiger partial charge >= 0.3 is 0 Å². The highest BCUT2D eigenvalue weighted by Crippen LogP contribution is 2.22. The summed E-state index contributed by atoms with van der Waals surface area (Å²) in [5.74, 6) is 0.365. The van der Waals surface area contributed by atoms with Crippen LogP contribution in [0.15, 0.2) is 54.7 Å². The van der Waals surface area contributed by atoms with Gasteiger partial charge < -0.3 is 5.32 Å². The molecule has 0 fully saturated rings. The highest BCUT2D eigenvalue weighted by molar-refractivity contribution is 6.01. The molecule has 23 heavy (non-hydrogen) atoms. The molecule has 1 aromatic heterocycles. The molecule has 0 unspecified atom stereocenters. The number of carbonyl (C=O) groups excluding carboxylic acids is 1. The quantitative estimate of drug-likeness (QED) is 0.781. The number of hydrogen-bond acceptors (Lipinski definition) is 2. The maximum atomic E-state index is 11.8. The third kappa shape index (κ3) is 6.47. The Morgan fingerprint density at radius 1 is 1.09 bits per heavy atom.